The van der Waals surface area contributed by atoms with E-state index in [2.05, 4.69) is 5.32 Å². The van der Waals surface area contributed by atoms with Crippen LogP contribution in [0, 0.1) is 23.0 Å². The molecule has 0 radical (unpaired) electrons. The monoisotopic (exact) mass is 330 g/mol. The first-order valence-electron chi connectivity index (χ1n) is 7.39. The molecule has 0 fully saturated rings. The van der Waals surface area contributed by atoms with E-state index < -0.39 is 23.3 Å². The van der Waals surface area contributed by atoms with Crippen molar-refractivity contribution >= 4 is 5.91 Å². The van der Waals surface area contributed by atoms with Crippen LogP contribution in [0.5, 0.6) is 0 Å². The smallest absolute Gasteiger partial charge is 0.220 e. The minimum Gasteiger partial charge on any atom is -0.386 e. The summed E-state index contributed by atoms with van der Waals surface area (Å²) >= 11 is 0. The fourth-order valence-electron chi connectivity index (χ4n) is 2.23. The van der Waals surface area contributed by atoms with Gasteiger partial charge in [0, 0.05) is 13.0 Å². The van der Waals surface area contributed by atoms with Crippen molar-refractivity contribution in [3.63, 3.8) is 0 Å². The summed E-state index contributed by atoms with van der Waals surface area (Å²) < 4.78 is 27.0. The topological polar surface area (TPSA) is 73.1 Å². The lowest BCUT2D eigenvalue weighted by Crippen LogP contribution is -2.29. The molecule has 24 heavy (non-hydrogen) atoms. The number of hydrogen-bond donors (Lipinski definition) is 2. The number of carbonyl (C=O) groups excluding carboxylic acids is 1. The van der Waals surface area contributed by atoms with Crippen molar-refractivity contribution in [1.82, 2.24) is 5.32 Å². The number of nitrogens with zero attached hydrogens (tertiary/aromatic N) is 1. The highest BCUT2D eigenvalue weighted by atomic mass is 19.1. The number of benzene rings is 2. The van der Waals surface area contributed by atoms with Gasteiger partial charge in [-0.25, -0.2) is 8.78 Å². The maximum Gasteiger partial charge on any atom is 0.220 e. The Hall–Kier alpha value is -2.78. The third kappa shape index (κ3) is 4.61. The van der Waals surface area contributed by atoms with Crippen molar-refractivity contribution in [1.29, 1.82) is 5.26 Å². The number of aliphatic hydroxyl groups excluding tert-OH is 1. The summed E-state index contributed by atoms with van der Waals surface area (Å²) in [5.41, 5.74) is 0.980. The van der Waals surface area contributed by atoms with Crippen LogP contribution in [-0.2, 0) is 11.2 Å². The molecule has 1 unspecified atom stereocenters. The summed E-state index contributed by atoms with van der Waals surface area (Å²) in [6, 6.07) is 12.2. The van der Waals surface area contributed by atoms with E-state index in [1.165, 1.54) is 6.07 Å². The van der Waals surface area contributed by atoms with Gasteiger partial charge in [0.15, 0.2) is 0 Å². The average Bonchev–Trinajstić information content (AvgIpc) is 2.58. The number of carbonyl (C=O) groups is 1. The Bertz CT molecular complexity index is 734. The van der Waals surface area contributed by atoms with Gasteiger partial charge in [-0.05, 0) is 36.2 Å². The van der Waals surface area contributed by atoms with E-state index in [-0.39, 0.29) is 18.9 Å². The highest BCUT2D eigenvalue weighted by Crippen LogP contribution is 2.19. The summed E-state index contributed by atoms with van der Waals surface area (Å²) in [5.74, 6) is -2.04. The number of hydrogen-bond acceptors (Lipinski definition) is 3. The van der Waals surface area contributed by atoms with Gasteiger partial charge in [0.25, 0.3) is 0 Å². The Labute approximate surface area is 138 Å². The second kappa shape index (κ2) is 8.18. The SMILES string of the molecule is N#Cc1ccc(CCC(=O)NCC(O)c2c(F)cccc2F)cc1. The van der Waals surface area contributed by atoms with E-state index in [0.29, 0.717) is 12.0 Å². The standard InChI is InChI=1S/C18H16F2N2O2/c19-14-2-1-3-15(20)18(14)16(23)11-22-17(24)9-8-12-4-6-13(10-21)7-5-12/h1-7,16,23H,8-9,11H2,(H,22,24). The number of nitriles is 1. The normalized spacial score (nSPS) is 11.6. The molecule has 1 amide bonds. The highest BCUT2D eigenvalue weighted by Gasteiger charge is 2.18. The summed E-state index contributed by atoms with van der Waals surface area (Å²) in [4.78, 5) is 11.8. The van der Waals surface area contributed by atoms with Crippen molar-refractivity contribution in [3.8, 4) is 6.07 Å². The Morgan fingerprint density at radius 3 is 2.38 bits per heavy atom. The Morgan fingerprint density at radius 2 is 1.79 bits per heavy atom. The molecule has 2 rings (SSSR count). The van der Waals surface area contributed by atoms with E-state index in [4.69, 9.17) is 5.26 Å². The van der Waals surface area contributed by atoms with Crippen LogP contribution in [0.4, 0.5) is 8.78 Å². The van der Waals surface area contributed by atoms with Crippen LogP contribution in [0.15, 0.2) is 42.5 Å². The molecule has 0 aliphatic carbocycles. The Kier molecular flexibility index (Phi) is 5.99. The molecule has 0 aliphatic rings. The zero-order chi connectivity index (χ0) is 17.5. The maximum absolute atomic E-state index is 13.5. The molecule has 0 spiro atoms. The summed E-state index contributed by atoms with van der Waals surface area (Å²) in [6.45, 7) is -0.274. The van der Waals surface area contributed by atoms with Gasteiger partial charge in [0.2, 0.25) is 5.91 Å². The largest absolute Gasteiger partial charge is 0.386 e. The van der Waals surface area contributed by atoms with Crippen molar-refractivity contribution in [2.24, 2.45) is 0 Å². The van der Waals surface area contributed by atoms with Crippen LogP contribution in [0.3, 0.4) is 0 Å². The fourth-order valence-corrected chi connectivity index (χ4v) is 2.23. The molecule has 2 aromatic rings. The number of aryl methyl sites for hydroxylation is 1. The maximum atomic E-state index is 13.5. The van der Waals surface area contributed by atoms with E-state index in [1.54, 1.807) is 24.3 Å². The van der Waals surface area contributed by atoms with Crippen molar-refractivity contribution in [2.45, 2.75) is 18.9 Å². The first-order chi connectivity index (χ1) is 11.5. The molecule has 4 nitrogen and oxygen atoms in total. The lowest BCUT2D eigenvalue weighted by atomic mass is 10.1. The number of nitrogens with one attached hydrogen (secondary N) is 1. The lowest BCUT2D eigenvalue weighted by molar-refractivity contribution is -0.121. The van der Waals surface area contributed by atoms with Gasteiger partial charge in [-0.15, -0.1) is 0 Å². The molecule has 0 heterocycles. The first-order valence-corrected chi connectivity index (χ1v) is 7.39. The zero-order valence-corrected chi connectivity index (χ0v) is 12.8. The van der Waals surface area contributed by atoms with Crippen LogP contribution in [-0.4, -0.2) is 17.6 Å². The minimum absolute atomic E-state index is 0.165. The molecule has 0 saturated heterocycles. The predicted octanol–water partition coefficient (Wildman–Crippen LogP) is 2.62. The van der Waals surface area contributed by atoms with Crippen LogP contribution in [0.25, 0.3) is 0 Å². The van der Waals surface area contributed by atoms with E-state index in [0.717, 1.165) is 17.7 Å². The minimum atomic E-state index is -1.45. The molecule has 0 bridgehead atoms. The summed E-state index contributed by atoms with van der Waals surface area (Å²) in [7, 11) is 0. The van der Waals surface area contributed by atoms with Gasteiger partial charge in [0.1, 0.15) is 17.7 Å². The van der Waals surface area contributed by atoms with Crippen LogP contribution in [0.2, 0.25) is 0 Å². The van der Waals surface area contributed by atoms with Gasteiger partial charge in [-0.1, -0.05) is 18.2 Å². The third-order valence-electron chi connectivity index (χ3n) is 3.55. The Morgan fingerprint density at radius 1 is 1.17 bits per heavy atom. The molecule has 2 N–H and O–H groups in total. The molecule has 0 saturated carbocycles. The molecule has 1 atom stereocenters. The number of amides is 1. The fraction of sp³-hybridized carbons (Fsp3) is 0.222. The van der Waals surface area contributed by atoms with Crippen molar-refractivity contribution in [3.05, 3.63) is 70.8 Å². The second-order valence-corrected chi connectivity index (χ2v) is 5.26. The molecule has 6 heteroatoms. The lowest BCUT2D eigenvalue weighted by Gasteiger charge is -2.14. The zero-order valence-electron chi connectivity index (χ0n) is 12.8. The molecular formula is C18H16F2N2O2. The number of halogens is 2. The third-order valence-corrected chi connectivity index (χ3v) is 3.55. The van der Waals surface area contributed by atoms with Crippen molar-refractivity contribution in [2.75, 3.05) is 6.54 Å². The van der Waals surface area contributed by atoms with Gasteiger partial charge >= 0.3 is 0 Å². The first kappa shape index (κ1) is 17.6. The molecule has 0 aromatic heterocycles. The van der Waals surface area contributed by atoms with Gasteiger partial charge in [-0.2, -0.15) is 5.26 Å². The Balaban J connectivity index is 1.83. The molecule has 0 aliphatic heterocycles. The summed E-state index contributed by atoms with van der Waals surface area (Å²) in [5, 5.41) is 21.0. The quantitative estimate of drug-likeness (QED) is 0.855. The number of aliphatic hydroxyl groups is 1. The van der Waals surface area contributed by atoms with E-state index >= 15 is 0 Å². The molecular weight excluding hydrogens is 314 g/mol. The van der Waals surface area contributed by atoms with Crippen LogP contribution in [0.1, 0.15) is 29.2 Å². The van der Waals surface area contributed by atoms with Crippen molar-refractivity contribution < 1.29 is 18.7 Å². The van der Waals surface area contributed by atoms with Gasteiger partial charge in [-0.3, -0.25) is 4.79 Å². The average molecular weight is 330 g/mol. The van der Waals surface area contributed by atoms with E-state index in [1.807, 2.05) is 6.07 Å². The molecule has 2 aromatic carbocycles. The van der Waals surface area contributed by atoms with Crippen LogP contribution < -0.4 is 5.32 Å². The van der Waals surface area contributed by atoms with E-state index in [9.17, 15) is 18.7 Å². The summed E-state index contributed by atoms with van der Waals surface area (Å²) in [6.07, 6.45) is -0.829. The van der Waals surface area contributed by atoms with Gasteiger partial charge in [0.05, 0.1) is 17.2 Å². The second-order valence-electron chi connectivity index (χ2n) is 5.26. The van der Waals surface area contributed by atoms with Gasteiger partial charge < -0.3 is 10.4 Å². The number of rotatable bonds is 6. The van der Waals surface area contributed by atoms with Crippen LogP contribution >= 0.6 is 0 Å². The molecule has 124 valence electrons. The predicted molar refractivity (Wildman–Crippen MR) is 83.8 cm³/mol. The highest BCUT2D eigenvalue weighted by molar-refractivity contribution is 5.76.